The number of fused-ring (bicyclic) bond motifs is 1. The van der Waals surface area contributed by atoms with Crippen molar-refractivity contribution in [2.45, 2.75) is 19.6 Å². The van der Waals surface area contributed by atoms with E-state index in [0.717, 1.165) is 11.1 Å². The van der Waals surface area contributed by atoms with Gasteiger partial charge in [-0.3, -0.25) is 0 Å². The first-order valence-corrected chi connectivity index (χ1v) is 10.8. The van der Waals surface area contributed by atoms with Crippen molar-refractivity contribution < 1.29 is 28.2 Å². The SMILES string of the molecule is COc1ccc(-c2cc(=O)oc3cc(OC(=O)[C@@H](C)NC(=O)OCc4ccccc4)ccc23)cc1. The average Bonchev–Trinajstić information content (AvgIpc) is 2.87. The Bertz CT molecular complexity index is 1390. The van der Waals surface area contributed by atoms with Crippen molar-refractivity contribution in [1.82, 2.24) is 5.32 Å². The van der Waals surface area contributed by atoms with E-state index in [9.17, 15) is 14.4 Å². The summed E-state index contributed by atoms with van der Waals surface area (Å²) in [6, 6.07) is 21.6. The summed E-state index contributed by atoms with van der Waals surface area (Å²) in [5, 5.41) is 3.11. The van der Waals surface area contributed by atoms with E-state index < -0.39 is 23.7 Å². The van der Waals surface area contributed by atoms with Gasteiger partial charge in [0.05, 0.1) is 7.11 Å². The van der Waals surface area contributed by atoms with Gasteiger partial charge in [0.2, 0.25) is 0 Å². The van der Waals surface area contributed by atoms with Crippen LogP contribution in [0.1, 0.15) is 12.5 Å². The van der Waals surface area contributed by atoms with E-state index in [1.165, 1.54) is 19.1 Å². The zero-order chi connectivity index (χ0) is 24.8. The van der Waals surface area contributed by atoms with Crippen LogP contribution in [0.4, 0.5) is 4.79 Å². The van der Waals surface area contributed by atoms with Gasteiger partial charge in [0, 0.05) is 17.5 Å². The van der Waals surface area contributed by atoms with Crippen LogP contribution in [-0.4, -0.2) is 25.2 Å². The van der Waals surface area contributed by atoms with Crippen LogP contribution in [-0.2, 0) is 16.1 Å². The second kappa shape index (κ2) is 10.6. The molecule has 1 aromatic heterocycles. The predicted octanol–water partition coefficient (Wildman–Crippen LogP) is 4.69. The predicted molar refractivity (Wildman–Crippen MR) is 129 cm³/mol. The van der Waals surface area contributed by atoms with Crippen LogP contribution in [0.2, 0.25) is 0 Å². The number of esters is 1. The van der Waals surface area contributed by atoms with Gasteiger partial charge in [-0.25, -0.2) is 14.4 Å². The van der Waals surface area contributed by atoms with Crippen molar-refractivity contribution in [3.05, 3.63) is 94.8 Å². The molecule has 0 unspecified atom stereocenters. The molecule has 0 saturated carbocycles. The lowest BCUT2D eigenvalue weighted by atomic mass is 10.0. The maximum atomic E-state index is 12.5. The highest BCUT2D eigenvalue weighted by atomic mass is 16.6. The fraction of sp³-hybridized carbons (Fsp3) is 0.148. The van der Waals surface area contributed by atoms with E-state index in [1.807, 2.05) is 42.5 Å². The van der Waals surface area contributed by atoms with Crippen molar-refractivity contribution >= 4 is 23.0 Å². The van der Waals surface area contributed by atoms with Gasteiger partial charge in [-0.15, -0.1) is 0 Å². The number of alkyl carbamates (subject to hydrolysis) is 1. The number of amides is 1. The lowest BCUT2D eigenvalue weighted by Crippen LogP contribution is -2.41. The standard InChI is InChI=1S/C27H23NO7/c1-17(28-27(31)33-16-18-6-4-3-5-7-18)26(30)34-21-12-13-22-23(15-25(29)35-24(22)14-21)19-8-10-20(32-2)11-9-19/h3-15,17H,16H2,1-2H3,(H,28,31)/t17-/m1/s1. The molecule has 0 saturated heterocycles. The number of carbonyl (C=O) groups excluding carboxylic acids is 2. The van der Waals surface area contributed by atoms with Gasteiger partial charge in [-0.2, -0.15) is 0 Å². The highest BCUT2D eigenvalue weighted by Gasteiger charge is 2.19. The molecule has 1 atom stereocenters. The van der Waals surface area contributed by atoms with Gasteiger partial charge in [0.15, 0.2) is 0 Å². The third kappa shape index (κ3) is 5.86. The molecule has 0 bridgehead atoms. The van der Waals surface area contributed by atoms with Gasteiger partial charge in [0.1, 0.15) is 29.7 Å². The van der Waals surface area contributed by atoms with Crippen LogP contribution < -0.4 is 20.4 Å². The Hall–Kier alpha value is -4.59. The first-order valence-electron chi connectivity index (χ1n) is 10.8. The highest BCUT2D eigenvalue weighted by molar-refractivity contribution is 5.94. The summed E-state index contributed by atoms with van der Waals surface area (Å²) in [7, 11) is 1.58. The minimum absolute atomic E-state index is 0.0781. The number of benzene rings is 3. The Labute approximate surface area is 201 Å². The fourth-order valence-electron chi connectivity index (χ4n) is 3.42. The van der Waals surface area contributed by atoms with Crippen molar-refractivity contribution in [1.29, 1.82) is 0 Å². The molecule has 1 heterocycles. The number of methoxy groups -OCH3 is 1. The van der Waals surface area contributed by atoms with E-state index in [0.29, 0.717) is 16.7 Å². The van der Waals surface area contributed by atoms with Crippen LogP contribution in [0.15, 0.2) is 88.1 Å². The topological polar surface area (TPSA) is 104 Å². The summed E-state index contributed by atoms with van der Waals surface area (Å²) in [5.74, 6) is 0.167. The fourth-order valence-corrected chi connectivity index (χ4v) is 3.42. The first-order chi connectivity index (χ1) is 16.9. The molecule has 0 aliphatic heterocycles. The van der Waals surface area contributed by atoms with E-state index in [4.69, 9.17) is 18.6 Å². The van der Waals surface area contributed by atoms with Gasteiger partial charge < -0.3 is 23.9 Å². The Morgan fingerprint density at radius 2 is 1.66 bits per heavy atom. The maximum absolute atomic E-state index is 12.5. The van der Waals surface area contributed by atoms with Crippen LogP contribution in [0.25, 0.3) is 22.1 Å². The Morgan fingerprint density at radius 1 is 0.943 bits per heavy atom. The van der Waals surface area contributed by atoms with Gasteiger partial charge >= 0.3 is 17.7 Å². The van der Waals surface area contributed by atoms with Gasteiger partial charge in [-0.1, -0.05) is 42.5 Å². The third-order valence-electron chi connectivity index (χ3n) is 5.24. The Morgan fingerprint density at radius 3 is 2.37 bits per heavy atom. The van der Waals surface area contributed by atoms with Crippen molar-refractivity contribution in [2.24, 2.45) is 0 Å². The quantitative estimate of drug-likeness (QED) is 0.236. The summed E-state index contributed by atoms with van der Waals surface area (Å²) >= 11 is 0. The number of hydrogen-bond donors (Lipinski definition) is 1. The second-order valence-electron chi connectivity index (χ2n) is 7.71. The van der Waals surface area contributed by atoms with E-state index in [1.54, 1.807) is 31.4 Å². The molecule has 1 N–H and O–H groups in total. The highest BCUT2D eigenvalue weighted by Crippen LogP contribution is 2.30. The number of ether oxygens (including phenoxy) is 3. The largest absolute Gasteiger partial charge is 0.497 e. The molecular weight excluding hydrogens is 450 g/mol. The molecule has 35 heavy (non-hydrogen) atoms. The van der Waals surface area contributed by atoms with Crippen molar-refractivity contribution in [3.63, 3.8) is 0 Å². The van der Waals surface area contributed by atoms with Gasteiger partial charge in [0.25, 0.3) is 0 Å². The Balaban J connectivity index is 1.44. The molecule has 0 aliphatic rings. The van der Waals surface area contributed by atoms with E-state index in [-0.39, 0.29) is 17.9 Å². The minimum atomic E-state index is -0.966. The molecular formula is C27H23NO7. The first kappa shape index (κ1) is 23.6. The number of nitrogens with one attached hydrogen (secondary N) is 1. The molecule has 0 radical (unpaired) electrons. The molecule has 8 heteroatoms. The molecule has 4 rings (SSSR count). The molecule has 1 amide bonds. The molecule has 8 nitrogen and oxygen atoms in total. The summed E-state index contributed by atoms with van der Waals surface area (Å²) in [4.78, 5) is 36.7. The molecule has 0 aliphatic carbocycles. The zero-order valence-corrected chi connectivity index (χ0v) is 19.1. The van der Waals surface area contributed by atoms with Crippen LogP contribution in [0.5, 0.6) is 11.5 Å². The number of carbonyl (C=O) groups is 2. The average molecular weight is 473 g/mol. The summed E-state index contributed by atoms with van der Waals surface area (Å²) in [6.07, 6.45) is -0.744. The smallest absolute Gasteiger partial charge is 0.408 e. The monoisotopic (exact) mass is 473 g/mol. The van der Waals surface area contributed by atoms with E-state index >= 15 is 0 Å². The molecule has 4 aromatic rings. The molecule has 178 valence electrons. The van der Waals surface area contributed by atoms with E-state index in [2.05, 4.69) is 5.32 Å². The molecule has 0 spiro atoms. The number of rotatable bonds is 7. The van der Waals surface area contributed by atoms with Crippen molar-refractivity contribution in [2.75, 3.05) is 7.11 Å². The van der Waals surface area contributed by atoms with Crippen LogP contribution in [0.3, 0.4) is 0 Å². The lowest BCUT2D eigenvalue weighted by molar-refractivity contribution is -0.136. The molecule has 0 fully saturated rings. The maximum Gasteiger partial charge on any atom is 0.408 e. The summed E-state index contributed by atoms with van der Waals surface area (Å²) in [5.41, 5.74) is 2.03. The third-order valence-corrected chi connectivity index (χ3v) is 5.24. The lowest BCUT2D eigenvalue weighted by Gasteiger charge is -2.14. The van der Waals surface area contributed by atoms with Crippen LogP contribution >= 0.6 is 0 Å². The van der Waals surface area contributed by atoms with Crippen molar-refractivity contribution in [3.8, 4) is 22.6 Å². The Kier molecular flexibility index (Phi) is 7.11. The normalized spacial score (nSPS) is 11.5. The summed E-state index contributed by atoms with van der Waals surface area (Å²) < 4.78 is 21.0. The second-order valence-corrected chi connectivity index (χ2v) is 7.71. The summed E-state index contributed by atoms with van der Waals surface area (Å²) in [6.45, 7) is 1.56. The van der Waals surface area contributed by atoms with Crippen LogP contribution in [0, 0.1) is 0 Å². The zero-order valence-electron chi connectivity index (χ0n) is 19.1. The number of hydrogen-bond acceptors (Lipinski definition) is 7. The van der Waals surface area contributed by atoms with Gasteiger partial charge in [-0.05, 0) is 47.9 Å². The molecule has 3 aromatic carbocycles. The minimum Gasteiger partial charge on any atom is -0.497 e.